The highest BCUT2D eigenvalue weighted by atomic mass is 31.2. The zero-order valence-corrected chi connectivity index (χ0v) is 16.3. The van der Waals surface area contributed by atoms with Crippen LogP contribution in [-0.4, -0.2) is 24.2 Å². The highest BCUT2D eigenvalue weighted by Crippen LogP contribution is 2.58. The first kappa shape index (κ1) is 19.3. The van der Waals surface area contributed by atoms with E-state index in [0.717, 1.165) is 11.3 Å². The van der Waals surface area contributed by atoms with Crippen molar-refractivity contribution in [2.45, 2.75) is 12.5 Å². The molecule has 0 saturated heterocycles. The number of aliphatic hydroxyl groups excluding tert-OH is 1. The Labute approximate surface area is 159 Å². The first-order valence-electron chi connectivity index (χ1n) is 8.65. The van der Waals surface area contributed by atoms with E-state index < -0.39 is 13.2 Å². The van der Waals surface area contributed by atoms with Crippen LogP contribution in [0.25, 0.3) is 0 Å². The average molecular weight is 382 g/mol. The van der Waals surface area contributed by atoms with Gasteiger partial charge in [-0.25, -0.2) is 0 Å². The molecule has 3 rings (SSSR count). The van der Waals surface area contributed by atoms with Gasteiger partial charge in [-0.3, -0.25) is 9.55 Å². The normalized spacial score (nSPS) is 14.3. The fraction of sp³-hybridized carbons (Fsp3) is 0.190. The third-order valence-corrected chi connectivity index (χ3v) is 6.79. The zero-order valence-electron chi connectivity index (χ0n) is 15.4. The third-order valence-electron chi connectivity index (χ3n) is 4.32. The maximum Gasteiger partial charge on any atom is 0.264 e. The minimum Gasteiger partial charge on any atom is -0.378 e. The van der Waals surface area contributed by atoms with Crippen molar-refractivity contribution in [2.75, 3.05) is 19.0 Å². The van der Waals surface area contributed by atoms with E-state index >= 15 is 0 Å². The Morgan fingerprint density at radius 2 is 1.63 bits per heavy atom. The van der Waals surface area contributed by atoms with Gasteiger partial charge in [0.25, 0.3) is 7.37 Å². The Balaban J connectivity index is 1.96. The molecule has 27 heavy (non-hydrogen) atoms. The lowest BCUT2D eigenvalue weighted by atomic mass is 10.2. The highest BCUT2D eigenvalue weighted by Gasteiger charge is 2.36. The van der Waals surface area contributed by atoms with Crippen LogP contribution in [0.5, 0.6) is 0 Å². The van der Waals surface area contributed by atoms with E-state index in [9.17, 15) is 9.67 Å². The molecule has 0 aliphatic carbocycles. The van der Waals surface area contributed by atoms with Gasteiger partial charge in [-0.1, -0.05) is 30.3 Å². The lowest BCUT2D eigenvalue weighted by molar-refractivity contribution is 0.210. The second-order valence-corrected chi connectivity index (χ2v) is 8.88. The molecule has 0 radical (unpaired) electrons. The van der Waals surface area contributed by atoms with Crippen LogP contribution in [0.2, 0.25) is 0 Å². The smallest absolute Gasteiger partial charge is 0.264 e. The molecular formula is C21H23N2O3P. The van der Waals surface area contributed by atoms with Crippen molar-refractivity contribution in [2.24, 2.45) is 0 Å². The predicted octanol–water partition coefficient (Wildman–Crippen LogP) is 3.96. The summed E-state index contributed by atoms with van der Waals surface area (Å²) in [6.45, 7) is 0.149. The number of anilines is 1. The maximum atomic E-state index is 13.9. The molecule has 0 aliphatic rings. The van der Waals surface area contributed by atoms with Crippen molar-refractivity contribution in [1.82, 2.24) is 4.98 Å². The minimum absolute atomic E-state index is 0.149. The number of pyridine rings is 1. The molecule has 1 heterocycles. The molecule has 0 aliphatic heterocycles. The largest absolute Gasteiger partial charge is 0.378 e. The molecule has 0 spiro atoms. The summed E-state index contributed by atoms with van der Waals surface area (Å²) < 4.78 is 19.8. The number of hydrogen-bond donors (Lipinski definition) is 1. The molecule has 1 N–H and O–H groups in total. The summed E-state index contributed by atoms with van der Waals surface area (Å²) in [7, 11) is 0.283. The number of benzene rings is 2. The van der Waals surface area contributed by atoms with E-state index in [-0.39, 0.29) is 6.61 Å². The standard InChI is InChI=1S/C21H23N2O3P/c1-23(2)19-8-10-20(11-9-19)27(25,21(24)18-12-14-22-15-13-18)26-16-17-6-4-3-5-7-17/h3-15,21,24H,16H2,1-2H3/t21-,27-/m0/s1. The van der Waals surface area contributed by atoms with Crippen LogP contribution in [0.1, 0.15) is 17.0 Å². The van der Waals surface area contributed by atoms with Crippen molar-refractivity contribution in [3.63, 3.8) is 0 Å². The fourth-order valence-electron chi connectivity index (χ4n) is 2.72. The van der Waals surface area contributed by atoms with Crippen LogP contribution in [0.15, 0.2) is 79.1 Å². The maximum absolute atomic E-state index is 13.9. The van der Waals surface area contributed by atoms with E-state index in [1.165, 1.54) is 0 Å². The topological polar surface area (TPSA) is 62.7 Å². The van der Waals surface area contributed by atoms with E-state index in [4.69, 9.17) is 4.52 Å². The molecule has 0 saturated carbocycles. The van der Waals surface area contributed by atoms with Gasteiger partial charge in [0, 0.05) is 37.5 Å². The van der Waals surface area contributed by atoms with Crippen LogP contribution in [0.3, 0.4) is 0 Å². The number of aromatic nitrogens is 1. The Kier molecular flexibility index (Phi) is 6.07. The van der Waals surface area contributed by atoms with Crippen LogP contribution in [0.4, 0.5) is 5.69 Å². The van der Waals surface area contributed by atoms with E-state index in [1.807, 2.05) is 61.5 Å². The predicted molar refractivity (Wildman–Crippen MR) is 108 cm³/mol. The molecule has 5 nitrogen and oxygen atoms in total. The van der Waals surface area contributed by atoms with Gasteiger partial charge in [0.1, 0.15) is 0 Å². The number of nitrogens with zero attached hydrogens (tertiary/aromatic N) is 2. The summed E-state index contributed by atoms with van der Waals surface area (Å²) in [5.41, 5.74) is 2.38. The van der Waals surface area contributed by atoms with Crippen molar-refractivity contribution in [3.8, 4) is 0 Å². The Bertz CT molecular complexity index is 900. The third kappa shape index (κ3) is 4.45. The van der Waals surface area contributed by atoms with Crippen LogP contribution < -0.4 is 10.2 Å². The Morgan fingerprint density at radius 3 is 2.22 bits per heavy atom. The van der Waals surface area contributed by atoms with Crippen LogP contribution in [-0.2, 0) is 15.7 Å². The fourth-order valence-corrected chi connectivity index (χ4v) is 4.76. The molecule has 140 valence electrons. The van der Waals surface area contributed by atoms with Crippen LogP contribution in [0, 0.1) is 0 Å². The monoisotopic (exact) mass is 382 g/mol. The van der Waals surface area contributed by atoms with Crippen molar-refractivity contribution in [1.29, 1.82) is 0 Å². The molecule has 2 atom stereocenters. The number of hydrogen-bond acceptors (Lipinski definition) is 5. The molecule has 0 fully saturated rings. The number of rotatable bonds is 7. The molecular weight excluding hydrogens is 359 g/mol. The molecule has 0 bridgehead atoms. The van der Waals surface area contributed by atoms with Gasteiger partial charge >= 0.3 is 0 Å². The van der Waals surface area contributed by atoms with Gasteiger partial charge in [-0.15, -0.1) is 0 Å². The zero-order chi connectivity index (χ0) is 19.3. The van der Waals surface area contributed by atoms with Gasteiger partial charge in [0.05, 0.1) is 6.61 Å². The van der Waals surface area contributed by atoms with Crippen LogP contribution >= 0.6 is 7.37 Å². The quantitative estimate of drug-likeness (QED) is 0.627. The van der Waals surface area contributed by atoms with Crippen molar-refractivity contribution < 1.29 is 14.2 Å². The highest BCUT2D eigenvalue weighted by molar-refractivity contribution is 7.67. The lowest BCUT2D eigenvalue weighted by Gasteiger charge is -2.25. The van der Waals surface area contributed by atoms with Gasteiger partial charge in [-0.2, -0.15) is 0 Å². The molecule has 6 heteroatoms. The van der Waals surface area contributed by atoms with Gasteiger partial charge in [-0.05, 0) is 47.5 Å². The van der Waals surface area contributed by atoms with Gasteiger partial charge in [0.15, 0.2) is 5.85 Å². The van der Waals surface area contributed by atoms with Crippen molar-refractivity contribution in [3.05, 3.63) is 90.3 Å². The Hall–Kier alpha value is -2.46. The molecule has 2 aromatic carbocycles. The summed E-state index contributed by atoms with van der Waals surface area (Å²) in [6.07, 6.45) is 3.13. The second-order valence-electron chi connectivity index (χ2n) is 6.42. The Morgan fingerprint density at radius 1 is 1.00 bits per heavy atom. The first-order valence-corrected chi connectivity index (χ1v) is 10.3. The molecule has 1 aromatic heterocycles. The SMILES string of the molecule is CN(C)c1ccc([P@](=O)(OCc2ccccc2)[C@H](O)c2ccncc2)cc1. The second kappa shape index (κ2) is 8.49. The van der Waals surface area contributed by atoms with E-state index in [1.54, 1.807) is 36.7 Å². The lowest BCUT2D eigenvalue weighted by Crippen LogP contribution is -2.16. The first-order chi connectivity index (χ1) is 13.0. The van der Waals surface area contributed by atoms with E-state index in [0.29, 0.717) is 10.9 Å². The summed E-state index contributed by atoms with van der Waals surface area (Å²) in [4.78, 5) is 5.92. The molecule has 0 unspecified atom stereocenters. The summed E-state index contributed by atoms with van der Waals surface area (Å²) in [6, 6.07) is 20.1. The molecule has 0 amide bonds. The summed E-state index contributed by atoms with van der Waals surface area (Å²) in [5, 5.41) is 11.4. The summed E-state index contributed by atoms with van der Waals surface area (Å²) in [5.74, 6) is -1.27. The summed E-state index contributed by atoms with van der Waals surface area (Å²) >= 11 is 0. The number of aliphatic hydroxyl groups is 1. The van der Waals surface area contributed by atoms with Gasteiger partial charge < -0.3 is 14.5 Å². The van der Waals surface area contributed by atoms with Crippen molar-refractivity contribution >= 4 is 18.4 Å². The van der Waals surface area contributed by atoms with E-state index in [2.05, 4.69) is 4.98 Å². The van der Waals surface area contributed by atoms with Gasteiger partial charge in [0.2, 0.25) is 0 Å². The minimum atomic E-state index is -3.59. The molecule has 3 aromatic rings. The average Bonchev–Trinajstić information content (AvgIpc) is 2.73.